The van der Waals surface area contributed by atoms with Crippen LogP contribution in [0.2, 0.25) is 0 Å². The minimum atomic E-state index is -3.46. The molecule has 0 unspecified atom stereocenters. The third-order valence-electron chi connectivity index (χ3n) is 4.28. The van der Waals surface area contributed by atoms with Crippen LogP contribution in [0.15, 0.2) is 60.7 Å². The van der Waals surface area contributed by atoms with Gasteiger partial charge in [0.2, 0.25) is 0 Å². The minimum absolute atomic E-state index is 0.157. The van der Waals surface area contributed by atoms with E-state index in [4.69, 9.17) is 31.7 Å². The fourth-order valence-electron chi connectivity index (χ4n) is 2.21. The number of aliphatic hydroxyl groups is 4. The Morgan fingerprint density at radius 1 is 0.741 bits per heavy atom. The molecule has 0 radical (unpaired) electrons. The Balaban J connectivity index is 0.000000314. The van der Waals surface area contributed by atoms with Crippen molar-refractivity contribution < 1.29 is 20.4 Å². The SMILES string of the molecule is CCCCP(c1ccccc1)c1ccccc1.OCP(Cl)(CO)(CO)CO. The van der Waals surface area contributed by atoms with Crippen LogP contribution in [0.25, 0.3) is 0 Å². The number of halogens is 1. The Kier molecular flexibility index (Phi) is 11.0. The van der Waals surface area contributed by atoms with Gasteiger partial charge in [0.1, 0.15) is 0 Å². The van der Waals surface area contributed by atoms with E-state index in [1.807, 2.05) is 0 Å². The predicted molar refractivity (Wildman–Crippen MR) is 120 cm³/mol. The first kappa shape index (κ1) is 24.5. The van der Waals surface area contributed by atoms with Crippen LogP contribution in [0.1, 0.15) is 19.8 Å². The molecular weight excluding hydrogens is 402 g/mol. The predicted octanol–water partition coefficient (Wildman–Crippen LogP) is 3.41. The van der Waals surface area contributed by atoms with Gasteiger partial charge < -0.3 is 0 Å². The summed E-state index contributed by atoms with van der Waals surface area (Å²) in [5, 5.41) is 37.7. The van der Waals surface area contributed by atoms with E-state index in [0.717, 1.165) is 0 Å². The van der Waals surface area contributed by atoms with Gasteiger partial charge in [0.05, 0.1) is 0 Å². The summed E-state index contributed by atoms with van der Waals surface area (Å²) in [6, 6.07) is 21.9. The van der Waals surface area contributed by atoms with Gasteiger partial charge in [0, 0.05) is 0 Å². The maximum absolute atomic E-state index is 8.68. The van der Waals surface area contributed by atoms with Crippen molar-refractivity contribution in [1.29, 1.82) is 0 Å². The average Bonchev–Trinajstić information content (AvgIpc) is 2.76. The normalized spacial score (nSPS) is 12.8. The van der Waals surface area contributed by atoms with Gasteiger partial charge in [-0.2, -0.15) is 0 Å². The van der Waals surface area contributed by atoms with Crippen molar-refractivity contribution in [2.75, 3.05) is 31.6 Å². The molecule has 0 amide bonds. The molecule has 0 bridgehead atoms. The molecule has 0 saturated heterocycles. The van der Waals surface area contributed by atoms with Crippen molar-refractivity contribution in [2.45, 2.75) is 19.8 Å². The standard InChI is InChI=1S/C16H19P.C4H12ClO4P/c1-2-3-14-17(15-10-6-4-7-11-15)16-12-8-5-9-13-16;5-10(1-6,2-7,3-8)4-9/h4-13H,2-3,14H2,1H3;6-9H,1-4H2. The van der Waals surface area contributed by atoms with Gasteiger partial charge in [-0.15, -0.1) is 0 Å². The van der Waals surface area contributed by atoms with Crippen LogP contribution < -0.4 is 10.6 Å². The molecule has 0 spiro atoms. The van der Waals surface area contributed by atoms with Crippen LogP contribution in [0.4, 0.5) is 0 Å². The quantitative estimate of drug-likeness (QED) is 0.458. The molecule has 0 heterocycles. The first-order valence-electron chi connectivity index (χ1n) is 8.99. The van der Waals surface area contributed by atoms with E-state index in [-0.39, 0.29) is 7.92 Å². The molecule has 152 valence electrons. The van der Waals surface area contributed by atoms with Gasteiger partial charge in [-0.1, -0.05) is 74.0 Å². The van der Waals surface area contributed by atoms with Crippen LogP contribution in [0.3, 0.4) is 0 Å². The van der Waals surface area contributed by atoms with E-state index in [1.165, 1.54) is 29.6 Å². The molecule has 0 aromatic heterocycles. The van der Waals surface area contributed by atoms with Crippen LogP contribution in [-0.2, 0) is 0 Å². The molecule has 0 atom stereocenters. The van der Waals surface area contributed by atoms with Gasteiger partial charge in [0.15, 0.2) is 0 Å². The second kappa shape index (κ2) is 12.1. The third kappa shape index (κ3) is 7.40. The summed E-state index contributed by atoms with van der Waals surface area (Å²) in [4.78, 5) is 0. The summed E-state index contributed by atoms with van der Waals surface area (Å²) in [6.45, 7) is 2.27. The Hall–Kier alpha value is -0.570. The van der Waals surface area contributed by atoms with Crippen LogP contribution >= 0.6 is 25.1 Å². The Morgan fingerprint density at radius 3 is 1.37 bits per heavy atom. The number of unbranched alkanes of at least 4 members (excludes halogenated alkanes) is 1. The molecule has 2 aromatic rings. The Bertz CT molecular complexity index is 576. The molecule has 2 aromatic carbocycles. The fourth-order valence-corrected chi connectivity index (χ4v) is 5.26. The molecule has 0 aliphatic heterocycles. The van der Waals surface area contributed by atoms with Crippen LogP contribution in [-0.4, -0.2) is 52.0 Å². The zero-order chi connectivity index (χ0) is 20.2. The van der Waals surface area contributed by atoms with Gasteiger partial charge in [-0.3, -0.25) is 0 Å². The first-order valence-corrected chi connectivity index (χ1v) is 14.4. The van der Waals surface area contributed by atoms with E-state index in [1.54, 1.807) is 0 Å². The van der Waals surface area contributed by atoms with E-state index < -0.39 is 31.3 Å². The Labute approximate surface area is 168 Å². The van der Waals surface area contributed by atoms with Crippen molar-refractivity contribution in [3.05, 3.63) is 60.7 Å². The van der Waals surface area contributed by atoms with Crippen molar-refractivity contribution in [2.24, 2.45) is 0 Å². The molecule has 0 fully saturated rings. The molecule has 0 aliphatic carbocycles. The molecule has 7 heteroatoms. The molecule has 4 nitrogen and oxygen atoms in total. The maximum atomic E-state index is 8.68. The molecule has 0 aliphatic rings. The third-order valence-corrected chi connectivity index (χ3v) is 11.0. The topological polar surface area (TPSA) is 80.9 Å². The molecular formula is C20H31ClO4P2. The van der Waals surface area contributed by atoms with Crippen LogP contribution in [0.5, 0.6) is 0 Å². The van der Waals surface area contributed by atoms with Crippen molar-refractivity contribution in [1.82, 2.24) is 0 Å². The van der Waals surface area contributed by atoms with Crippen molar-refractivity contribution >= 4 is 35.7 Å². The molecule has 0 saturated carbocycles. The van der Waals surface area contributed by atoms with Gasteiger partial charge in [-0.05, 0) is 31.1 Å². The van der Waals surface area contributed by atoms with E-state index in [2.05, 4.69) is 67.6 Å². The molecule has 27 heavy (non-hydrogen) atoms. The van der Waals surface area contributed by atoms with Gasteiger partial charge >= 0.3 is 63.0 Å². The second-order valence-corrected chi connectivity index (χ2v) is 16.5. The van der Waals surface area contributed by atoms with E-state index in [9.17, 15) is 0 Å². The summed E-state index contributed by atoms with van der Waals surface area (Å²) >= 11 is 5.67. The van der Waals surface area contributed by atoms with Gasteiger partial charge in [0.25, 0.3) is 0 Å². The summed E-state index contributed by atoms with van der Waals surface area (Å²) in [6.07, 6.45) is 1.72. The van der Waals surface area contributed by atoms with E-state index >= 15 is 0 Å². The summed E-state index contributed by atoms with van der Waals surface area (Å²) in [5.74, 6) is -3.46. The average molecular weight is 433 g/mol. The second-order valence-electron chi connectivity index (χ2n) is 6.56. The number of benzene rings is 2. The van der Waals surface area contributed by atoms with Gasteiger partial charge in [-0.25, -0.2) is 0 Å². The number of rotatable bonds is 9. The fraction of sp³-hybridized carbons (Fsp3) is 0.400. The summed E-state index contributed by atoms with van der Waals surface area (Å²) < 4.78 is 0. The zero-order valence-electron chi connectivity index (χ0n) is 15.8. The molecule has 2 rings (SSSR count). The van der Waals surface area contributed by atoms with Crippen LogP contribution in [0, 0.1) is 0 Å². The number of hydrogen-bond acceptors (Lipinski definition) is 4. The molecule has 4 N–H and O–H groups in total. The Morgan fingerprint density at radius 2 is 1.11 bits per heavy atom. The summed E-state index contributed by atoms with van der Waals surface area (Å²) in [5.41, 5.74) is 0. The van der Waals surface area contributed by atoms with E-state index in [0.29, 0.717) is 0 Å². The van der Waals surface area contributed by atoms with Crippen molar-refractivity contribution in [3.8, 4) is 0 Å². The van der Waals surface area contributed by atoms with Crippen molar-refractivity contribution in [3.63, 3.8) is 0 Å². The zero-order valence-corrected chi connectivity index (χ0v) is 18.3. The number of hydrogen-bond donors (Lipinski definition) is 4. The number of aliphatic hydroxyl groups excluding tert-OH is 4. The monoisotopic (exact) mass is 432 g/mol. The first-order chi connectivity index (χ1) is 13.0. The summed E-state index contributed by atoms with van der Waals surface area (Å²) in [7, 11) is -0.157.